The van der Waals surface area contributed by atoms with E-state index in [-0.39, 0.29) is 47.3 Å². The number of ether oxygens (including phenoxy) is 1. The SMILES string of the molecule is CCNC(=NCc1cc(F)ccc1F)NCC1(c2ccc(F)cc2)CCOCC1.I. The maximum absolute atomic E-state index is 13.9. The Kier molecular flexibility index (Phi) is 9.41. The highest BCUT2D eigenvalue weighted by molar-refractivity contribution is 14.0. The largest absolute Gasteiger partial charge is 0.381 e. The molecule has 164 valence electrons. The maximum atomic E-state index is 13.9. The van der Waals surface area contributed by atoms with Gasteiger partial charge in [0.25, 0.3) is 0 Å². The molecule has 2 aromatic carbocycles. The summed E-state index contributed by atoms with van der Waals surface area (Å²) in [4.78, 5) is 4.41. The Bertz CT molecular complexity index is 840. The van der Waals surface area contributed by atoms with Crippen LogP contribution in [0, 0.1) is 17.5 Å². The van der Waals surface area contributed by atoms with Crippen molar-refractivity contribution < 1.29 is 17.9 Å². The highest BCUT2D eigenvalue weighted by Gasteiger charge is 2.34. The van der Waals surface area contributed by atoms with E-state index in [4.69, 9.17) is 4.74 Å². The van der Waals surface area contributed by atoms with Gasteiger partial charge in [-0.3, -0.25) is 0 Å². The summed E-state index contributed by atoms with van der Waals surface area (Å²) in [5.41, 5.74) is 1.02. The quantitative estimate of drug-likeness (QED) is 0.326. The molecular formula is C22H27F3IN3O. The summed E-state index contributed by atoms with van der Waals surface area (Å²) in [7, 11) is 0. The van der Waals surface area contributed by atoms with Crippen LogP contribution in [0.1, 0.15) is 30.9 Å². The van der Waals surface area contributed by atoms with E-state index >= 15 is 0 Å². The lowest BCUT2D eigenvalue weighted by Gasteiger charge is -2.38. The first-order valence-corrected chi connectivity index (χ1v) is 9.82. The van der Waals surface area contributed by atoms with Crippen LogP contribution in [0.5, 0.6) is 0 Å². The van der Waals surface area contributed by atoms with Gasteiger partial charge >= 0.3 is 0 Å². The Balaban J connectivity index is 0.00000320. The number of nitrogens with one attached hydrogen (secondary N) is 2. The third-order valence-electron chi connectivity index (χ3n) is 5.26. The summed E-state index contributed by atoms with van der Waals surface area (Å²) in [6.07, 6.45) is 1.59. The molecule has 0 saturated carbocycles. The van der Waals surface area contributed by atoms with Gasteiger partial charge in [0.1, 0.15) is 17.5 Å². The minimum Gasteiger partial charge on any atom is -0.381 e. The van der Waals surface area contributed by atoms with E-state index in [9.17, 15) is 13.2 Å². The molecule has 0 atom stereocenters. The highest BCUT2D eigenvalue weighted by Crippen LogP contribution is 2.34. The first-order chi connectivity index (χ1) is 14.0. The van der Waals surface area contributed by atoms with Gasteiger partial charge in [-0.2, -0.15) is 0 Å². The Morgan fingerprint density at radius 1 is 1.00 bits per heavy atom. The monoisotopic (exact) mass is 533 g/mol. The Hall–Kier alpha value is -1.81. The van der Waals surface area contributed by atoms with Gasteiger partial charge < -0.3 is 15.4 Å². The molecule has 2 aromatic rings. The predicted octanol–water partition coefficient (Wildman–Crippen LogP) is 4.53. The summed E-state index contributed by atoms with van der Waals surface area (Å²) in [6.45, 7) is 4.40. The van der Waals surface area contributed by atoms with Gasteiger partial charge in [0.05, 0.1) is 6.54 Å². The molecule has 0 aromatic heterocycles. The van der Waals surface area contributed by atoms with Crippen molar-refractivity contribution >= 4 is 29.9 Å². The van der Waals surface area contributed by atoms with Crippen molar-refractivity contribution in [2.75, 3.05) is 26.3 Å². The minimum atomic E-state index is -0.493. The standard InChI is InChI=1S/C22H26F3N3O.HI/c1-2-26-21(27-14-16-13-19(24)7-8-20(16)25)28-15-22(9-11-29-12-10-22)17-3-5-18(23)6-4-17;/h3-8,13H,2,9-12,14-15H2,1H3,(H2,26,27,28);1H. The summed E-state index contributed by atoms with van der Waals surface area (Å²) < 4.78 is 46.2. The van der Waals surface area contributed by atoms with Crippen LogP contribution in [0.15, 0.2) is 47.5 Å². The number of rotatable bonds is 6. The van der Waals surface area contributed by atoms with Crippen LogP contribution in [0.2, 0.25) is 0 Å². The topological polar surface area (TPSA) is 45.7 Å². The van der Waals surface area contributed by atoms with Crippen LogP contribution in [0.25, 0.3) is 0 Å². The number of hydrogen-bond acceptors (Lipinski definition) is 2. The van der Waals surface area contributed by atoms with Crippen LogP contribution in [-0.2, 0) is 16.7 Å². The van der Waals surface area contributed by atoms with Gasteiger partial charge in [-0.25, -0.2) is 18.2 Å². The minimum absolute atomic E-state index is 0. The van der Waals surface area contributed by atoms with E-state index in [1.807, 2.05) is 19.1 Å². The normalized spacial score (nSPS) is 15.9. The molecule has 0 amide bonds. The number of aliphatic imine (C=N–C) groups is 1. The second kappa shape index (κ2) is 11.5. The van der Waals surface area contributed by atoms with Crippen molar-refractivity contribution in [2.45, 2.75) is 31.7 Å². The van der Waals surface area contributed by atoms with Gasteiger partial charge in [0.15, 0.2) is 5.96 Å². The first-order valence-electron chi connectivity index (χ1n) is 9.82. The molecule has 3 rings (SSSR count). The number of halogens is 4. The number of benzene rings is 2. The van der Waals surface area contributed by atoms with Crippen molar-refractivity contribution in [2.24, 2.45) is 4.99 Å². The second-order valence-electron chi connectivity index (χ2n) is 7.18. The van der Waals surface area contributed by atoms with E-state index in [1.54, 1.807) is 0 Å². The maximum Gasteiger partial charge on any atom is 0.191 e. The van der Waals surface area contributed by atoms with Crippen molar-refractivity contribution in [3.8, 4) is 0 Å². The molecular weight excluding hydrogens is 506 g/mol. The van der Waals surface area contributed by atoms with Gasteiger partial charge in [-0.15, -0.1) is 24.0 Å². The lowest BCUT2D eigenvalue weighted by atomic mass is 9.74. The van der Waals surface area contributed by atoms with Crippen LogP contribution in [-0.4, -0.2) is 32.3 Å². The zero-order valence-electron chi connectivity index (χ0n) is 16.9. The first kappa shape index (κ1) is 24.5. The molecule has 1 aliphatic rings. The molecule has 2 N–H and O–H groups in total. The molecule has 1 fully saturated rings. The van der Waals surface area contributed by atoms with Gasteiger partial charge in [-0.05, 0) is 55.7 Å². The molecule has 0 unspecified atom stereocenters. The smallest absolute Gasteiger partial charge is 0.191 e. The van der Waals surface area contributed by atoms with Gasteiger partial charge in [-0.1, -0.05) is 12.1 Å². The van der Waals surface area contributed by atoms with E-state index in [0.29, 0.717) is 32.3 Å². The van der Waals surface area contributed by atoms with Gasteiger partial charge in [0, 0.05) is 37.3 Å². The van der Waals surface area contributed by atoms with Crippen LogP contribution in [0.4, 0.5) is 13.2 Å². The number of nitrogens with zero attached hydrogens (tertiary/aromatic N) is 1. The average molecular weight is 533 g/mol. The molecule has 0 aliphatic carbocycles. The van der Waals surface area contributed by atoms with Crippen LogP contribution in [0.3, 0.4) is 0 Å². The summed E-state index contributed by atoms with van der Waals surface area (Å²) in [6, 6.07) is 9.91. The van der Waals surface area contributed by atoms with Gasteiger partial charge in [0.2, 0.25) is 0 Å². The molecule has 0 bridgehead atoms. The van der Waals surface area contributed by atoms with Crippen molar-refractivity contribution in [1.29, 1.82) is 0 Å². The molecule has 0 spiro atoms. The molecule has 8 heteroatoms. The van der Waals surface area contributed by atoms with Crippen molar-refractivity contribution in [1.82, 2.24) is 10.6 Å². The average Bonchev–Trinajstić information content (AvgIpc) is 2.73. The Morgan fingerprint density at radius 2 is 1.67 bits per heavy atom. The van der Waals surface area contributed by atoms with E-state index in [0.717, 1.165) is 36.6 Å². The molecule has 1 heterocycles. The predicted molar refractivity (Wildman–Crippen MR) is 123 cm³/mol. The zero-order valence-corrected chi connectivity index (χ0v) is 19.2. The Morgan fingerprint density at radius 3 is 2.33 bits per heavy atom. The molecule has 4 nitrogen and oxygen atoms in total. The Labute approximate surface area is 192 Å². The fourth-order valence-corrected chi connectivity index (χ4v) is 3.56. The molecule has 30 heavy (non-hydrogen) atoms. The highest BCUT2D eigenvalue weighted by atomic mass is 127. The molecule has 1 aliphatic heterocycles. The summed E-state index contributed by atoms with van der Waals surface area (Å²) >= 11 is 0. The number of hydrogen-bond donors (Lipinski definition) is 2. The fourth-order valence-electron chi connectivity index (χ4n) is 3.56. The molecule has 0 radical (unpaired) electrons. The van der Waals surface area contributed by atoms with E-state index in [2.05, 4.69) is 15.6 Å². The molecule has 1 saturated heterocycles. The van der Waals surface area contributed by atoms with Crippen LogP contribution < -0.4 is 10.6 Å². The van der Waals surface area contributed by atoms with Crippen molar-refractivity contribution in [3.05, 3.63) is 71.0 Å². The third-order valence-corrected chi connectivity index (χ3v) is 5.26. The zero-order chi connectivity index (χ0) is 20.7. The number of guanidine groups is 1. The fraction of sp³-hybridized carbons (Fsp3) is 0.409. The van der Waals surface area contributed by atoms with Crippen LogP contribution >= 0.6 is 24.0 Å². The lowest BCUT2D eigenvalue weighted by Crippen LogP contribution is -2.48. The lowest BCUT2D eigenvalue weighted by molar-refractivity contribution is 0.0513. The summed E-state index contributed by atoms with van der Waals surface area (Å²) in [5, 5.41) is 6.46. The van der Waals surface area contributed by atoms with E-state index in [1.165, 1.54) is 12.1 Å². The third kappa shape index (κ3) is 6.34. The summed E-state index contributed by atoms with van der Waals surface area (Å²) in [5.74, 6) is -0.731. The second-order valence-corrected chi connectivity index (χ2v) is 7.18. The van der Waals surface area contributed by atoms with Crippen molar-refractivity contribution in [3.63, 3.8) is 0 Å². The van der Waals surface area contributed by atoms with E-state index < -0.39 is 11.6 Å².